The van der Waals surface area contributed by atoms with Crippen LogP contribution in [0.15, 0.2) is 89.8 Å². The quantitative estimate of drug-likeness (QED) is 0.315. The van der Waals surface area contributed by atoms with Gasteiger partial charge in [-0.3, -0.25) is 13.9 Å². The summed E-state index contributed by atoms with van der Waals surface area (Å²) in [4.78, 5) is 29.2. The first kappa shape index (κ1) is 30.1. The Labute approximate surface area is 243 Å². The summed E-state index contributed by atoms with van der Waals surface area (Å²) in [6.07, 6.45) is 4.97. The maximum atomic E-state index is 14.1. The van der Waals surface area contributed by atoms with E-state index < -0.39 is 28.5 Å². The molecule has 2 amide bonds. The monoisotopic (exact) mass is 577 g/mol. The van der Waals surface area contributed by atoms with E-state index >= 15 is 0 Å². The van der Waals surface area contributed by atoms with E-state index in [0.29, 0.717) is 24.3 Å². The highest BCUT2D eigenvalue weighted by Gasteiger charge is 2.34. The second-order valence-corrected chi connectivity index (χ2v) is 12.1. The lowest BCUT2D eigenvalue weighted by Crippen LogP contribution is -2.54. The van der Waals surface area contributed by atoms with E-state index in [2.05, 4.69) is 5.32 Å². The predicted molar refractivity (Wildman–Crippen MR) is 160 cm³/mol. The van der Waals surface area contributed by atoms with Crippen LogP contribution in [0.5, 0.6) is 5.75 Å². The summed E-state index contributed by atoms with van der Waals surface area (Å²) < 4.78 is 34.1. The molecule has 8 nitrogen and oxygen atoms in total. The van der Waals surface area contributed by atoms with Crippen LogP contribution >= 0.6 is 0 Å². The van der Waals surface area contributed by atoms with Gasteiger partial charge in [0, 0.05) is 12.6 Å². The molecule has 3 aromatic rings. The number of ether oxygens (including phenoxy) is 1. The summed E-state index contributed by atoms with van der Waals surface area (Å²) in [6.45, 7) is 1.72. The molecule has 0 heterocycles. The summed E-state index contributed by atoms with van der Waals surface area (Å²) in [5.74, 6) is -0.0992. The lowest BCUT2D eigenvalue weighted by atomic mass is 10.1. The summed E-state index contributed by atoms with van der Waals surface area (Å²) >= 11 is 0. The predicted octanol–water partition coefficient (Wildman–Crippen LogP) is 4.80. The molecule has 0 aromatic heterocycles. The molecule has 3 aromatic carbocycles. The summed E-state index contributed by atoms with van der Waals surface area (Å²) in [7, 11) is -2.61. The van der Waals surface area contributed by atoms with Gasteiger partial charge in [-0.25, -0.2) is 8.42 Å². The molecule has 0 bridgehead atoms. The van der Waals surface area contributed by atoms with Gasteiger partial charge in [-0.05, 0) is 67.6 Å². The van der Waals surface area contributed by atoms with E-state index in [-0.39, 0.29) is 23.4 Å². The van der Waals surface area contributed by atoms with Crippen molar-refractivity contribution in [1.29, 1.82) is 0 Å². The number of nitrogens with one attached hydrogen (secondary N) is 1. The fraction of sp³-hybridized carbons (Fsp3) is 0.375. The molecule has 0 spiro atoms. The summed E-state index contributed by atoms with van der Waals surface area (Å²) in [6, 6.07) is 23.8. The standard InChI is InChI=1S/C32H39N3O5S/c1-3-30(32(37)33-26-14-10-11-15-26)34(23-22-25-12-6-4-7-13-25)31(36)24-35(27-16-8-5-9-17-27)41(38,39)29-20-18-28(40-2)19-21-29/h4-9,12-13,16-21,26,30H,3,10-11,14-15,22-24H2,1-2H3,(H,33,37)/t30-/m1/s1. The first-order valence-electron chi connectivity index (χ1n) is 14.2. The van der Waals surface area contributed by atoms with E-state index in [0.717, 1.165) is 35.6 Å². The number of rotatable bonds is 13. The topological polar surface area (TPSA) is 96.0 Å². The average molecular weight is 578 g/mol. The minimum Gasteiger partial charge on any atom is -0.497 e. The van der Waals surface area contributed by atoms with Gasteiger partial charge < -0.3 is 15.0 Å². The maximum Gasteiger partial charge on any atom is 0.264 e. The third-order valence-corrected chi connectivity index (χ3v) is 9.33. The van der Waals surface area contributed by atoms with Crippen molar-refractivity contribution in [2.45, 2.75) is 62.4 Å². The molecule has 41 heavy (non-hydrogen) atoms. The molecular weight excluding hydrogens is 538 g/mol. The minimum atomic E-state index is -4.12. The third kappa shape index (κ3) is 7.67. The maximum absolute atomic E-state index is 14.1. The van der Waals surface area contributed by atoms with Crippen LogP contribution in [-0.4, -0.2) is 57.4 Å². The number of amides is 2. The van der Waals surface area contributed by atoms with Crippen LogP contribution in [0.4, 0.5) is 5.69 Å². The Morgan fingerprint density at radius 3 is 2.12 bits per heavy atom. The van der Waals surface area contributed by atoms with Crippen molar-refractivity contribution in [2.24, 2.45) is 0 Å². The minimum absolute atomic E-state index is 0.0387. The van der Waals surface area contributed by atoms with E-state index in [1.807, 2.05) is 37.3 Å². The SMILES string of the molecule is CC[C@H](C(=O)NC1CCCC1)N(CCc1ccccc1)C(=O)CN(c1ccccc1)S(=O)(=O)c1ccc(OC)cc1. The van der Waals surface area contributed by atoms with Gasteiger partial charge in [0.1, 0.15) is 18.3 Å². The highest BCUT2D eigenvalue weighted by Crippen LogP contribution is 2.26. The molecule has 218 valence electrons. The Kier molecular flexibility index (Phi) is 10.4. The second kappa shape index (κ2) is 14.2. The van der Waals surface area contributed by atoms with Gasteiger partial charge in [-0.2, -0.15) is 0 Å². The molecule has 1 fully saturated rings. The molecule has 1 atom stereocenters. The zero-order chi connectivity index (χ0) is 29.2. The van der Waals surface area contributed by atoms with Gasteiger partial charge in [0.05, 0.1) is 17.7 Å². The molecule has 4 rings (SSSR count). The number of hydrogen-bond acceptors (Lipinski definition) is 5. The molecule has 9 heteroatoms. The Bertz CT molecular complexity index is 1380. The summed E-state index contributed by atoms with van der Waals surface area (Å²) in [5, 5.41) is 3.14. The smallest absolute Gasteiger partial charge is 0.264 e. The molecule has 1 N–H and O–H groups in total. The molecule has 1 aliphatic rings. The average Bonchev–Trinajstić information content (AvgIpc) is 3.51. The van der Waals surface area contributed by atoms with Crippen molar-refractivity contribution in [3.63, 3.8) is 0 Å². The van der Waals surface area contributed by atoms with Crippen LogP contribution in [0, 0.1) is 0 Å². The van der Waals surface area contributed by atoms with Crippen molar-refractivity contribution in [2.75, 3.05) is 24.5 Å². The van der Waals surface area contributed by atoms with E-state index in [1.165, 1.54) is 19.2 Å². The van der Waals surface area contributed by atoms with Crippen LogP contribution in [0.1, 0.15) is 44.6 Å². The van der Waals surface area contributed by atoms with Gasteiger partial charge in [-0.1, -0.05) is 68.3 Å². The number of benzene rings is 3. The fourth-order valence-electron chi connectivity index (χ4n) is 5.26. The van der Waals surface area contributed by atoms with Crippen LogP contribution in [0.2, 0.25) is 0 Å². The molecule has 0 radical (unpaired) electrons. The number of sulfonamides is 1. The normalized spacial score (nSPS) is 14.3. The first-order chi connectivity index (χ1) is 19.8. The fourth-order valence-corrected chi connectivity index (χ4v) is 6.68. The van der Waals surface area contributed by atoms with Gasteiger partial charge in [0.2, 0.25) is 11.8 Å². The zero-order valence-electron chi connectivity index (χ0n) is 23.7. The van der Waals surface area contributed by atoms with Gasteiger partial charge in [0.15, 0.2) is 0 Å². The molecule has 0 unspecified atom stereocenters. The van der Waals surface area contributed by atoms with E-state index in [4.69, 9.17) is 4.74 Å². The largest absolute Gasteiger partial charge is 0.497 e. The number of carbonyl (C=O) groups excluding carboxylic acids is 2. The molecule has 0 saturated heterocycles. The lowest BCUT2D eigenvalue weighted by Gasteiger charge is -2.33. The molecule has 1 saturated carbocycles. The Hall–Kier alpha value is -3.85. The van der Waals surface area contributed by atoms with Crippen molar-refractivity contribution in [1.82, 2.24) is 10.2 Å². The van der Waals surface area contributed by atoms with E-state index in [1.54, 1.807) is 47.4 Å². The van der Waals surface area contributed by atoms with Gasteiger partial charge in [-0.15, -0.1) is 0 Å². The van der Waals surface area contributed by atoms with Gasteiger partial charge >= 0.3 is 0 Å². The number of para-hydroxylation sites is 1. The highest BCUT2D eigenvalue weighted by molar-refractivity contribution is 7.92. The lowest BCUT2D eigenvalue weighted by molar-refractivity contribution is -0.139. The number of methoxy groups -OCH3 is 1. The number of nitrogens with zero attached hydrogens (tertiary/aromatic N) is 2. The van der Waals surface area contributed by atoms with Crippen LogP contribution < -0.4 is 14.4 Å². The van der Waals surface area contributed by atoms with Crippen LogP contribution in [0.3, 0.4) is 0 Å². The van der Waals surface area contributed by atoms with Crippen LogP contribution in [0.25, 0.3) is 0 Å². The van der Waals surface area contributed by atoms with Gasteiger partial charge in [0.25, 0.3) is 10.0 Å². The highest BCUT2D eigenvalue weighted by atomic mass is 32.2. The third-order valence-electron chi connectivity index (χ3n) is 7.54. The number of carbonyl (C=O) groups is 2. The number of hydrogen-bond donors (Lipinski definition) is 1. The van der Waals surface area contributed by atoms with E-state index in [9.17, 15) is 18.0 Å². The Morgan fingerprint density at radius 1 is 0.927 bits per heavy atom. The Balaban J connectivity index is 1.65. The van der Waals surface area contributed by atoms with Crippen LogP contribution in [-0.2, 0) is 26.0 Å². The second-order valence-electron chi connectivity index (χ2n) is 10.3. The van der Waals surface area contributed by atoms with Crippen molar-refractivity contribution in [3.8, 4) is 5.75 Å². The van der Waals surface area contributed by atoms with Crippen molar-refractivity contribution < 1.29 is 22.7 Å². The van der Waals surface area contributed by atoms with Crippen molar-refractivity contribution >= 4 is 27.5 Å². The zero-order valence-corrected chi connectivity index (χ0v) is 24.6. The Morgan fingerprint density at radius 2 is 1.54 bits per heavy atom. The summed E-state index contributed by atoms with van der Waals surface area (Å²) in [5.41, 5.74) is 1.39. The number of anilines is 1. The molecule has 0 aliphatic heterocycles. The van der Waals surface area contributed by atoms with Crippen molar-refractivity contribution in [3.05, 3.63) is 90.5 Å². The molecular formula is C32H39N3O5S. The first-order valence-corrected chi connectivity index (χ1v) is 15.6. The molecule has 1 aliphatic carbocycles.